The zero-order valence-corrected chi connectivity index (χ0v) is 20.0. The number of aromatic nitrogens is 2. The smallest absolute Gasteiger partial charge is 0.264 e. The average Bonchev–Trinajstić information content (AvgIpc) is 3.24. The van der Waals surface area contributed by atoms with E-state index < -0.39 is 10.1 Å². The molecule has 4 rings (SSSR count). The molecule has 0 aliphatic rings. The van der Waals surface area contributed by atoms with Crippen LogP contribution in [0.5, 0.6) is 0 Å². The monoisotopic (exact) mass is 474 g/mol. The number of imidazole rings is 1. The Morgan fingerprint density at radius 2 is 1.15 bits per heavy atom. The van der Waals surface area contributed by atoms with Crippen LogP contribution in [0.3, 0.4) is 0 Å². The molecule has 6 heteroatoms. The van der Waals surface area contributed by atoms with Gasteiger partial charge in [0, 0.05) is 23.2 Å². The molecule has 34 heavy (non-hydrogen) atoms. The second kappa shape index (κ2) is 11.3. The van der Waals surface area contributed by atoms with Gasteiger partial charge in [0.25, 0.3) is 10.1 Å². The third kappa shape index (κ3) is 6.22. The van der Waals surface area contributed by atoms with Crippen molar-refractivity contribution in [3.05, 3.63) is 91.0 Å². The molecule has 4 aromatic rings. The lowest BCUT2D eigenvalue weighted by molar-refractivity contribution is 0.478. The van der Waals surface area contributed by atoms with Gasteiger partial charge in [-0.1, -0.05) is 110 Å². The molecule has 0 atom stereocenters. The highest BCUT2D eigenvalue weighted by Crippen LogP contribution is 2.36. The standard InChI is InChI=1S/C28H30N2O3S/c31-34(32,33)22-14-3-1-2-13-21-30-27(24-17-9-5-10-18-24)26(23-15-7-4-8-16-23)29-28(30)25-19-11-6-12-20-25/h4-12,15-20H,1-3,13-14,21-22H2,(H,31,32,33). The predicted octanol–water partition coefficient (Wildman–Crippen LogP) is 6.72. The molecule has 0 fully saturated rings. The Hall–Kier alpha value is -3.22. The molecule has 0 unspecified atom stereocenters. The lowest BCUT2D eigenvalue weighted by Crippen LogP contribution is -2.04. The zero-order chi connectivity index (χ0) is 23.8. The lowest BCUT2D eigenvalue weighted by atomic mass is 10.0. The fourth-order valence-corrected chi connectivity index (χ4v) is 4.82. The fourth-order valence-electron chi connectivity index (χ4n) is 4.25. The maximum Gasteiger partial charge on any atom is 0.264 e. The molecule has 0 aliphatic heterocycles. The van der Waals surface area contributed by atoms with Gasteiger partial charge in [-0.25, -0.2) is 4.98 Å². The molecule has 0 spiro atoms. The summed E-state index contributed by atoms with van der Waals surface area (Å²) in [6, 6.07) is 31.0. The van der Waals surface area contributed by atoms with Crippen LogP contribution >= 0.6 is 0 Å². The number of hydrogen-bond acceptors (Lipinski definition) is 3. The summed E-state index contributed by atoms with van der Waals surface area (Å²) in [5, 5.41) is 0. The first-order valence-electron chi connectivity index (χ1n) is 11.7. The fraction of sp³-hybridized carbons (Fsp3) is 0.250. The zero-order valence-electron chi connectivity index (χ0n) is 19.2. The summed E-state index contributed by atoms with van der Waals surface area (Å²) in [5.41, 5.74) is 5.37. The second-order valence-electron chi connectivity index (χ2n) is 8.44. The van der Waals surface area contributed by atoms with Gasteiger partial charge in [-0.05, 0) is 12.8 Å². The van der Waals surface area contributed by atoms with Crippen LogP contribution in [0.25, 0.3) is 33.9 Å². The highest BCUT2D eigenvalue weighted by atomic mass is 32.2. The van der Waals surface area contributed by atoms with Crippen LogP contribution in [0, 0.1) is 0 Å². The van der Waals surface area contributed by atoms with Crippen molar-refractivity contribution in [3.8, 4) is 33.9 Å². The Balaban J connectivity index is 1.65. The van der Waals surface area contributed by atoms with Crippen LogP contribution in [-0.2, 0) is 16.7 Å². The highest BCUT2D eigenvalue weighted by Gasteiger charge is 2.20. The highest BCUT2D eigenvalue weighted by molar-refractivity contribution is 7.85. The first-order valence-corrected chi connectivity index (χ1v) is 13.4. The van der Waals surface area contributed by atoms with Gasteiger partial charge in [-0.2, -0.15) is 8.42 Å². The third-order valence-corrected chi connectivity index (χ3v) is 6.68. The van der Waals surface area contributed by atoms with E-state index in [1.807, 2.05) is 42.5 Å². The quantitative estimate of drug-likeness (QED) is 0.193. The van der Waals surface area contributed by atoms with Gasteiger partial charge < -0.3 is 4.57 Å². The van der Waals surface area contributed by atoms with Crippen molar-refractivity contribution in [3.63, 3.8) is 0 Å². The van der Waals surface area contributed by atoms with Crippen molar-refractivity contribution in [1.29, 1.82) is 0 Å². The van der Waals surface area contributed by atoms with E-state index in [0.29, 0.717) is 6.42 Å². The minimum absolute atomic E-state index is 0.161. The van der Waals surface area contributed by atoms with Crippen LogP contribution in [0.4, 0.5) is 0 Å². The molecule has 5 nitrogen and oxygen atoms in total. The van der Waals surface area contributed by atoms with E-state index in [1.165, 1.54) is 0 Å². The van der Waals surface area contributed by atoms with Crippen molar-refractivity contribution >= 4 is 10.1 Å². The van der Waals surface area contributed by atoms with Gasteiger partial charge in [0.1, 0.15) is 5.82 Å². The number of nitrogens with zero attached hydrogens (tertiary/aromatic N) is 2. The number of rotatable bonds is 11. The van der Waals surface area contributed by atoms with Gasteiger partial charge >= 0.3 is 0 Å². The maximum absolute atomic E-state index is 10.9. The van der Waals surface area contributed by atoms with Crippen molar-refractivity contribution < 1.29 is 13.0 Å². The van der Waals surface area contributed by atoms with Gasteiger partial charge in [0.2, 0.25) is 0 Å². The molecule has 1 heterocycles. The Morgan fingerprint density at radius 3 is 1.74 bits per heavy atom. The van der Waals surface area contributed by atoms with Crippen LogP contribution in [0.15, 0.2) is 91.0 Å². The van der Waals surface area contributed by atoms with Gasteiger partial charge in [-0.3, -0.25) is 4.55 Å². The normalized spacial score (nSPS) is 11.6. The van der Waals surface area contributed by atoms with Crippen LogP contribution in [0.2, 0.25) is 0 Å². The van der Waals surface area contributed by atoms with E-state index in [-0.39, 0.29) is 5.75 Å². The molecule has 0 radical (unpaired) electrons. The molecule has 0 bridgehead atoms. The minimum atomic E-state index is -3.87. The predicted molar refractivity (Wildman–Crippen MR) is 138 cm³/mol. The number of hydrogen-bond donors (Lipinski definition) is 1. The van der Waals surface area contributed by atoms with Crippen molar-refractivity contribution in [2.75, 3.05) is 5.75 Å². The van der Waals surface area contributed by atoms with Crippen molar-refractivity contribution in [2.45, 2.75) is 38.6 Å². The summed E-state index contributed by atoms with van der Waals surface area (Å²) in [6.45, 7) is 0.812. The molecule has 0 saturated heterocycles. The van der Waals surface area contributed by atoms with E-state index in [0.717, 1.165) is 66.1 Å². The molecule has 0 amide bonds. The molecular weight excluding hydrogens is 444 g/mol. The summed E-state index contributed by atoms with van der Waals surface area (Å²) < 4.78 is 33.1. The second-order valence-corrected chi connectivity index (χ2v) is 10.0. The molecule has 0 saturated carbocycles. The summed E-state index contributed by atoms with van der Waals surface area (Å²) in [4.78, 5) is 5.15. The number of benzene rings is 3. The van der Waals surface area contributed by atoms with Crippen LogP contribution in [0.1, 0.15) is 32.1 Å². The lowest BCUT2D eigenvalue weighted by Gasteiger charge is -2.13. The van der Waals surface area contributed by atoms with E-state index in [2.05, 4.69) is 53.1 Å². The maximum atomic E-state index is 10.9. The van der Waals surface area contributed by atoms with Crippen molar-refractivity contribution in [1.82, 2.24) is 9.55 Å². The largest absolute Gasteiger partial charge is 0.323 e. The molecule has 0 aliphatic carbocycles. The minimum Gasteiger partial charge on any atom is -0.323 e. The molecule has 1 aromatic heterocycles. The Morgan fingerprint density at radius 1 is 0.647 bits per heavy atom. The first kappa shape index (κ1) is 23.9. The third-order valence-electron chi connectivity index (χ3n) is 5.88. The van der Waals surface area contributed by atoms with Crippen molar-refractivity contribution in [2.24, 2.45) is 0 Å². The first-order chi connectivity index (χ1) is 16.5. The average molecular weight is 475 g/mol. The van der Waals surface area contributed by atoms with E-state index in [4.69, 9.17) is 9.54 Å². The van der Waals surface area contributed by atoms with Gasteiger partial charge in [0.05, 0.1) is 17.1 Å². The Bertz CT molecular complexity index is 1290. The van der Waals surface area contributed by atoms with E-state index in [1.54, 1.807) is 0 Å². The van der Waals surface area contributed by atoms with Crippen LogP contribution in [-0.4, -0.2) is 28.3 Å². The Kier molecular flexibility index (Phi) is 7.93. The Labute approximate surface area is 201 Å². The van der Waals surface area contributed by atoms with Gasteiger partial charge in [-0.15, -0.1) is 0 Å². The van der Waals surface area contributed by atoms with Crippen LogP contribution < -0.4 is 0 Å². The summed E-state index contributed by atoms with van der Waals surface area (Å²) in [6.07, 6.45) is 4.14. The topological polar surface area (TPSA) is 72.2 Å². The van der Waals surface area contributed by atoms with Gasteiger partial charge in [0.15, 0.2) is 0 Å². The molecule has 3 aromatic carbocycles. The van der Waals surface area contributed by atoms with E-state index in [9.17, 15) is 8.42 Å². The summed E-state index contributed by atoms with van der Waals surface area (Å²) in [5.74, 6) is 0.787. The summed E-state index contributed by atoms with van der Waals surface area (Å²) >= 11 is 0. The molecule has 176 valence electrons. The SMILES string of the molecule is O=S(=O)(O)CCCCCCCn1c(-c2ccccc2)nc(-c2ccccc2)c1-c1ccccc1. The van der Waals surface area contributed by atoms with E-state index >= 15 is 0 Å². The number of unbranched alkanes of at least 4 members (excludes halogenated alkanes) is 4. The molecular formula is C28H30N2O3S. The summed E-state index contributed by atoms with van der Waals surface area (Å²) in [7, 11) is -3.87. The molecule has 1 N–H and O–H groups in total.